The number of Topliss-reactive ketones (excluding diaryl/α,β-unsaturated/α-hetero) is 1. The number of carbonyl (C=O) groups excluding carboxylic acids is 5. The van der Waals surface area contributed by atoms with E-state index in [1.54, 1.807) is 0 Å². The highest BCUT2D eigenvalue weighted by Gasteiger charge is 2.45. The topological polar surface area (TPSA) is 159 Å². The molecular weight excluding hydrogens is 587 g/mol. The molecule has 12 nitrogen and oxygen atoms in total. The van der Waals surface area contributed by atoms with Gasteiger partial charge < -0.3 is 10.1 Å². The maximum Gasteiger partial charge on any atom is 0.343 e. The fourth-order valence-electron chi connectivity index (χ4n) is 4.46. The Balaban J connectivity index is 1.89. The molecule has 2 unspecified atom stereocenters. The largest absolute Gasteiger partial charge is 0.430 e. The molecule has 3 atom stereocenters. The first-order valence-electron chi connectivity index (χ1n) is 12.8. The molecule has 2 fully saturated rings. The van der Waals surface area contributed by atoms with E-state index in [2.05, 4.69) is 10.0 Å². The zero-order valence-electron chi connectivity index (χ0n) is 22.3. The van der Waals surface area contributed by atoms with Crippen molar-refractivity contribution in [3.8, 4) is 0 Å². The van der Waals surface area contributed by atoms with E-state index in [9.17, 15) is 32.4 Å². The van der Waals surface area contributed by atoms with Crippen molar-refractivity contribution < 1.29 is 37.1 Å². The van der Waals surface area contributed by atoms with Gasteiger partial charge in [-0.3, -0.25) is 24.2 Å². The lowest BCUT2D eigenvalue weighted by molar-refractivity contribution is -0.176. The van der Waals surface area contributed by atoms with Gasteiger partial charge in [0.15, 0.2) is 5.78 Å². The summed E-state index contributed by atoms with van der Waals surface area (Å²) in [7, 11) is -3.81. The van der Waals surface area contributed by atoms with E-state index in [0.717, 1.165) is 16.3 Å². The molecule has 0 saturated carbocycles. The zero-order valence-corrected chi connectivity index (χ0v) is 24.6. The van der Waals surface area contributed by atoms with Crippen LogP contribution in [0.15, 0.2) is 18.2 Å². The minimum absolute atomic E-state index is 0.0155. The summed E-state index contributed by atoms with van der Waals surface area (Å²) in [6.45, 7) is 3.95. The third-order valence-corrected chi connectivity index (χ3v) is 7.79. The average molecular weight is 620 g/mol. The van der Waals surface area contributed by atoms with Crippen LogP contribution in [0, 0.1) is 5.92 Å². The summed E-state index contributed by atoms with van der Waals surface area (Å²) in [5.74, 6) is -3.58. The third-order valence-electron chi connectivity index (χ3n) is 6.45. The smallest absolute Gasteiger partial charge is 0.343 e. The predicted molar refractivity (Wildman–Crippen MR) is 145 cm³/mol. The highest BCUT2D eigenvalue weighted by molar-refractivity contribution is 7.88. The van der Waals surface area contributed by atoms with Gasteiger partial charge in [0.05, 0.1) is 21.9 Å². The minimum atomic E-state index is -3.81. The number of amides is 3. The number of ketones is 1. The quantitative estimate of drug-likeness (QED) is 0.298. The Morgan fingerprint density at radius 3 is 2.38 bits per heavy atom. The highest BCUT2D eigenvalue weighted by atomic mass is 35.5. The maximum absolute atomic E-state index is 13.5. The first kappa shape index (κ1) is 31.8. The van der Waals surface area contributed by atoms with Gasteiger partial charge in [-0.1, -0.05) is 43.1 Å². The molecular formula is C25H32Cl2N4O8S. The summed E-state index contributed by atoms with van der Waals surface area (Å²) in [6, 6.07) is 1.82. The number of nitrogens with one attached hydrogen (secondary N) is 2. The molecule has 220 valence electrons. The first-order valence-corrected chi connectivity index (χ1v) is 15.4. The lowest BCUT2D eigenvalue weighted by atomic mass is 10.0. The number of hydrogen-bond donors (Lipinski definition) is 2. The molecule has 2 N–H and O–H groups in total. The van der Waals surface area contributed by atoms with Gasteiger partial charge in [-0.25, -0.2) is 22.9 Å². The van der Waals surface area contributed by atoms with Gasteiger partial charge in [0.25, 0.3) is 5.91 Å². The summed E-state index contributed by atoms with van der Waals surface area (Å²) in [5, 5.41) is 4.46. The lowest BCUT2D eigenvalue weighted by Gasteiger charge is -2.43. The van der Waals surface area contributed by atoms with Crippen molar-refractivity contribution in [2.24, 2.45) is 5.92 Å². The number of rotatable bonds is 10. The molecule has 0 aliphatic carbocycles. The van der Waals surface area contributed by atoms with E-state index in [1.807, 2.05) is 13.8 Å². The van der Waals surface area contributed by atoms with Crippen LogP contribution in [0.25, 0.3) is 0 Å². The van der Waals surface area contributed by atoms with Gasteiger partial charge in [-0.05, 0) is 43.7 Å². The number of sulfonamides is 1. The van der Waals surface area contributed by atoms with Gasteiger partial charge in [0, 0.05) is 19.4 Å². The number of hydrogen-bond acceptors (Lipinski definition) is 8. The second-order valence-electron chi connectivity index (χ2n) is 10.1. The first-order chi connectivity index (χ1) is 18.7. The normalized spacial score (nSPS) is 20.6. The van der Waals surface area contributed by atoms with Crippen LogP contribution in [-0.4, -0.2) is 79.0 Å². The fraction of sp³-hybridized carbons (Fsp3) is 0.560. The molecule has 2 aliphatic heterocycles. The van der Waals surface area contributed by atoms with Crippen molar-refractivity contribution in [3.05, 3.63) is 33.8 Å². The maximum atomic E-state index is 13.5. The number of ether oxygens (including phenoxy) is 1. The molecule has 0 radical (unpaired) electrons. The Labute approximate surface area is 242 Å². The Kier molecular flexibility index (Phi) is 10.6. The van der Waals surface area contributed by atoms with E-state index in [4.69, 9.17) is 27.9 Å². The number of halogens is 2. The molecule has 0 spiro atoms. The molecule has 15 heteroatoms. The molecule has 0 bridgehead atoms. The van der Waals surface area contributed by atoms with E-state index in [1.165, 1.54) is 18.2 Å². The standard InChI is InChI=1S/C25H32Cl2N4O8S/c1-14(2)9-11-19(32)23(39-25(36)21-15(26)6-4-7-16(21)27)28-22(34)18-8-5-13-30-20(33)12-10-17(24(35)31(18)30)29-40(3,37)38/h4,6-7,14,17-18,23,29H,5,8-13H2,1-3H3,(H,28,34)/t17?,18-,23?/m0/s1. The van der Waals surface area contributed by atoms with Crippen molar-refractivity contribution in [2.45, 2.75) is 70.7 Å². The number of hydrazine groups is 1. The van der Waals surface area contributed by atoms with Gasteiger partial charge in [0.1, 0.15) is 12.1 Å². The molecule has 3 amide bonds. The monoisotopic (exact) mass is 618 g/mol. The molecule has 40 heavy (non-hydrogen) atoms. The van der Waals surface area contributed by atoms with Gasteiger partial charge >= 0.3 is 5.97 Å². The molecule has 1 aromatic rings. The molecule has 1 aromatic carbocycles. The van der Waals surface area contributed by atoms with Crippen LogP contribution in [0.4, 0.5) is 0 Å². The van der Waals surface area contributed by atoms with Crippen LogP contribution in [0.1, 0.15) is 62.7 Å². The van der Waals surface area contributed by atoms with Crippen molar-refractivity contribution >= 4 is 62.7 Å². The van der Waals surface area contributed by atoms with Gasteiger partial charge in [-0.15, -0.1) is 0 Å². The van der Waals surface area contributed by atoms with Crippen LogP contribution in [0.3, 0.4) is 0 Å². The van der Waals surface area contributed by atoms with Gasteiger partial charge in [-0.2, -0.15) is 0 Å². The summed E-state index contributed by atoms with van der Waals surface area (Å²) >= 11 is 12.2. The predicted octanol–water partition coefficient (Wildman–Crippen LogP) is 2.04. The Bertz CT molecular complexity index is 1270. The fourth-order valence-corrected chi connectivity index (χ4v) is 5.75. The van der Waals surface area contributed by atoms with Crippen molar-refractivity contribution in [2.75, 3.05) is 12.8 Å². The second-order valence-corrected chi connectivity index (χ2v) is 12.7. The summed E-state index contributed by atoms with van der Waals surface area (Å²) in [6.07, 6.45) is -0.144. The van der Waals surface area contributed by atoms with Crippen LogP contribution >= 0.6 is 23.2 Å². The second kappa shape index (κ2) is 13.3. The molecule has 0 aromatic heterocycles. The SMILES string of the molecule is CC(C)CCC(=O)C(NC(=O)[C@@H]1CCCN2C(=O)CCC(NS(C)(=O)=O)C(=O)N12)OC(=O)c1c(Cl)cccc1Cl. The zero-order chi connectivity index (χ0) is 29.8. The van der Waals surface area contributed by atoms with Crippen LogP contribution in [0.2, 0.25) is 10.0 Å². The molecule has 2 aliphatic rings. The van der Waals surface area contributed by atoms with Crippen LogP contribution < -0.4 is 10.0 Å². The summed E-state index contributed by atoms with van der Waals surface area (Å²) in [4.78, 5) is 65.8. The summed E-state index contributed by atoms with van der Waals surface area (Å²) < 4.78 is 31.3. The number of benzene rings is 1. The van der Waals surface area contributed by atoms with E-state index in [0.29, 0.717) is 12.8 Å². The van der Waals surface area contributed by atoms with Crippen LogP contribution in [0.5, 0.6) is 0 Å². The van der Waals surface area contributed by atoms with E-state index >= 15 is 0 Å². The van der Waals surface area contributed by atoms with E-state index in [-0.39, 0.29) is 53.8 Å². The highest BCUT2D eigenvalue weighted by Crippen LogP contribution is 2.27. The van der Waals surface area contributed by atoms with Gasteiger partial charge in [0.2, 0.25) is 28.1 Å². The van der Waals surface area contributed by atoms with Crippen molar-refractivity contribution in [1.82, 2.24) is 20.1 Å². The van der Waals surface area contributed by atoms with Crippen molar-refractivity contribution in [3.63, 3.8) is 0 Å². The van der Waals surface area contributed by atoms with Crippen molar-refractivity contribution in [1.29, 1.82) is 0 Å². The molecule has 3 rings (SSSR count). The summed E-state index contributed by atoms with van der Waals surface area (Å²) in [5.41, 5.74) is -0.187. The van der Waals surface area contributed by atoms with Crippen LogP contribution in [-0.2, 0) is 33.9 Å². The number of esters is 1. The van der Waals surface area contributed by atoms with E-state index < -0.39 is 57.8 Å². The molecule has 2 heterocycles. The number of nitrogens with zero attached hydrogens (tertiary/aromatic N) is 2. The Hall–Kier alpha value is -2.74. The Morgan fingerprint density at radius 2 is 1.77 bits per heavy atom. The number of fused-ring (bicyclic) bond motifs is 1. The lowest BCUT2D eigenvalue weighted by Crippen LogP contribution is -2.64. The Morgan fingerprint density at radius 1 is 1.12 bits per heavy atom. The average Bonchev–Trinajstić information content (AvgIpc) is 2.97. The third kappa shape index (κ3) is 7.93. The number of carbonyl (C=O) groups is 5. The minimum Gasteiger partial charge on any atom is -0.430 e. The molecule has 2 saturated heterocycles.